The number of hydrogen-bond donors (Lipinski definition) is 0. The molecule has 3 heteroatoms. The quantitative estimate of drug-likeness (QED) is 0.639. The molecule has 0 spiro atoms. The summed E-state index contributed by atoms with van der Waals surface area (Å²) in [5, 5.41) is 0. The molecule has 2 fully saturated rings. The predicted molar refractivity (Wildman–Crippen MR) is 63.5 cm³/mol. The third-order valence-electron chi connectivity index (χ3n) is 3.67. The maximum Gasteiger partial charge on any atom is 0.149 e. The summed E-state index contributed by atoms with van der Waals surface area (Å²) in [6.45, 7) is 6.79. The van der Waals surface area contributed by atoms with Gasteiger partial charge in [0.1, 0.15) is 5.78 Å². The molecule has 92 valence electrons. The molecular formula is C13H23NO2. The van der Waals surface area contributed by atoms with Gasteiger partial charge in [-0.25, -0.2) is 0 Å². The van der Waals surface area contributed by atoms with Gasteiger partial charge in [0.15, 0.2) is 0 Å². The molecule has 0 aromatic rings. The van der Waals surface area contributed by atoms with Crippen molar-refractivity contribution in [3.8, 4) is 0 Å². The molecule has 0 N–H and O–H groups in total. The molecule has 0 amide bonds. The number of morpholine rings is 1. The molecule has 0 aromatic heterocycles. The molecule has 2 rings (SSSR count). The van der Waals surface area contributed by atoms with Crippen LogP contribution in [0, 0.1) is 0 Å². The van der Waals surface area contributed by atoms with Gasteiger partial charge in [-0.15, -0.1) is 0 Å². The summed E-state index contributed by atoms with van der Waals surface area (Å²) in [7, 11) is 0. The van der Waals surface area contributed by atoms with Gasteiger partial charge in [0, 0.05) is 19.5 Å². The van der Waals surface area contributed by atoms with Crippen molar-refractivity contribution in [2.75, 3.05) is 19.7 Å². The molecule has 16 heavy (non-hydrogen) atoms. The number of carbonyl (C=O) groups is 1. The van der Waals surface area contributed by atoms with Gasteiger partial charge in [-0.1, -0.05) is 12.8 Å². The zero-order valence-electron chi connectivity index (χ0n) is 10.5. The van der Waals surface area contributed by atoms with Crippen LogP contribution < -0.4 is 0 Å². The molecular weight excluding hydrogens is 202 g/mol. The normalized spacial score (nSPS) is 32.4. The second kappa shape index (κ2) is 4.84. The fourth-order valence-electron chi connectivity index (χ4n) is 2.85. The maximum absolute atomic E-state index is 12.0. The lowest BCUT2D eigenvalue weighted by molar-refractivity contribution is -0.133. The van der Waals surface area contributed by atoms with Crippen LogP contribution in [-0.2, 0) is 9.53 Å². The lowest BCUT2D eigenvalue weighted by Gasteiger charge is -2.41. The number of hydrogen-bond acceptors (Lipinski definition) is 3. The zero-order valence-corrected chi connectivity index (χ0v) is 10.5. The fourth-order valence-corrected chi connectivity index (χ4v) is 2.85. The van der Waals surface area contributed by atoms with Crippen LogP contribution in [0.15, 0.2) is 0 Å². The summed E-state index contributed by atoms with van der Waals surface area (Å²) in [6, 6.07) is 0.172. The molecule has 1 atom stereocenters. The maximum atomic E-state index is 12.0. The van der Waals surface area contributed by atoms with Crippen LogP contribution in [0.1, 0.15) is 46.0 Å². The van der Waals surface area contributed by atoms with E-state index < -0.39 is 0 Å². The Labute approximate surface area is 98.1 Å². The van der Waals surface area contributed by atoms with Crippen molar-refractivity contribution >= 4 is 5.78 Å². The Morgan fingerprint density at radius 3 is 2.88 bits per heavy atom. The minimum atomic E-state index is -0.0924. The van der Waals surface area contributed by atoms with Gasteiger partial charge < -0.3 is 4.74 Å². The first-order valence-corrected chi connectivity index (χ1v) is 6.49. The summed E-state index contributed by atoms with van der Waals surface area (Å²) in [6.07, 6.45) is 5.34. The molecule has 0 aromatic carbocycles. The van der Waals surface area contributed by atoms with Crippen LogP contribution in [0.2, 0.25) is 0 Å². The fraction of sp³-hybridized carbons (Fsp3) is 0.923. The highest BCUT2D eigenvalue weighted by Gasteiger charge is 2.34. The smallest absolute Gasteiger partial charge is 0.149 e. The van der Waals surface area contributed by atoms with Crippen LogP contribution in [0.3, 0.4) is 0 Å². The number of ketones is 1. The van der Waals surface area contributed by atoms with Crippen molar-refractivity contribution in [3.63, 3.8) is 0 Å². The largest absolute Gasteiger partial charge is 0.373 e. The molecule has 1 saturated carbocycles. The van der Waals surface area contributed by atoms with E-state index in [1.54, 1.807) is 0 Å². The Kier molecular flexibility index (Phi) is 3.65. The summed E-state index contributed by atoms with van der Waals surface area (Å²) in [4.78, 5) is 14.4. The third-order valence-corrected chi connectivity index (χ3v) is 3.67. The minimum absolute atomic E-state index is 0.0924. The number of carbonyl (C=O) groups excluding carboxylic acids is 1. The molecule has 1 heterocycles. The van der Waals surface area contributed by atoms with Crippen molar-refractivity contribution in [1.29, 1.82) is 0 Å². The third kappa shape index (κ3) is 2.83. The summed E-state index contributed by atoms with van der Waals surface area (Å²) in [5.41, 5.74) is -0.0924. The van der Waals surface area contributed by atoms with Crippen LogP contribution in [0.4, 0.5) is 0 Å². The average molecular weight is 225 g/mol. The first-order valence-electron chi connectivity index (χ1n) is 6.49. The van der Waals surface area contributed by atoms with Crippen molar-refractivity contribution < 1.29 is 9.53 Å². The molecule has 2 aliphatic rings. The standard InChI is InChI=1S/C13H23NO2/c1-13(2)10-14(8-9-16-13)11-6-4-3-5-7-12(11)15/h11H,3-10H2,1-2H3. The number of nitrogens with zero attached hydrogens (tertiary/aromatic N) is 1. The van der Waals surface area contributed by atoms with E-state index in [1.165, 1.54) is 12.8 Å². The van der Waals surface area contributed by atoms with Gasteiger partial charge in [-0.05, 0) is 26.7 Å². The van der Waals surface area contributed by atoms with E-state index in [0.717, 1.165) is 39.0 Å². The highest BCUT2D eigenvalue weighted by Crippen LogP contribution is 2.24. The Bertz CT molecular complexity index is 263. The van der Waals surface area contributed by atoms with E-state index in [2.05, 4.69) is 18.7 Å². The molecule has 0 radical (unpaired) electrons. The molecule has 1 aliphatic heterocycles. The molecule has 0 bridgehead atoms. The Morgan fingerprint density at radius 1 is 1.31 bits per heavy atom. The van der Waals surface area contributed by atoms with E-state index in [0.29, 0.717) is 5.78 Å². The Hall–Kier alpha value is -0.410. The summed E-state index contributed by atoms with van der Waals surface area (Å²) >= 11 is 0. The number of Topliss-reactive ketones (excluding diaryl/α,β-unsaturated/α-hetero) is 1. The first-order chi connectivity index (χ1) is 7.58. The van der Waals surface area contributed by atoms with Crippen LogP contribution in [0.25, 0.3) is 0 Å². The van der Waals surface area contributed by atoms with E-state index in [9.17, 15) is 4.79 Å². The minimum Gasteiger partial charge on any atom is -0.373 e. The Balaban J connectivity index is 2.01. The molecule has 1 aliphatic carbocycles. The zero-order chi connectivity index (χ0) is 11.6. The molecule has 3 nitrogen and oxygen atoms in total. The SMILES string of the molecule is CC1(C)CN(C2CCCCCC2=O)CCO1. The van der Waals surface area contributed by atoms with Gasteiger partial charge in [0.05, 0.1) is 18.2 Å². The van der Waals surface area contributed by atoms with Gasteiger partial charge >= 0.3 is 0 Å². The second-order valence-electron chi connectivity index (χ2n) is 5.66. The van der Waals surface area contributed by atoms with E-state index in [-0.39, 0.29) is 11.6 Å². The first kappa shape index (κ1) is 12.1. The van der Waals surface area contributed by atoms with Gasteiger partial charge in [0.2, 0.25) is 0 Å². The number of ether oxygens (including phenoxy) is 1. The summed E-state index contributed by atoms with van der Waals surface area (Å²) < 4.78 is 5.70. The second-order valence-corrected chi connectivity index (χ2v) is 5.66. The topological polar surface area (TPSA) is 29.5 Å². The average Bonchev–Trinajstić information content (AvgIpc) is 2.41. The van der Waals surface area contributed by atoms with Crippen LogP contribution in [0.5, 0.6) is 0 Å². The summed E-state index contributed by atoms with van der Waals surface area (Å²) in [5.74, 6) is 0.454. The highest BCUT2D eigenvalue weighted by molar-refractivity contribution is 5.84. The van der Waals surface area contributed by atoms with Crippen molar-refractivity contribution in [1.82, 2.24) is 4.90 Å². The van der Waals surface area contributed by atoms with E-state index in [1.807, 2.05) is 0 Å². The predicted octanol–water partition coefficient (Wildman–Crippen LogP) is 2.00. The lowest BCUT2D eigenvalue weighted by atomic mass is 10.0. The van der Waals surface area contributed by atoms with Gasteiger partial charge in [-0.3, -0.25) is 9.69 Å². The van der Waals surface area contributed by atoms with Crippen molar-refractivity contribution in [2.24, 2.45) is 0 Å². The van der Waals surface area contributed by atoms with Crippen LogP contribution in [-0.4, -0.2) is 42.0 Å². The molecule has 1 saturated heterocycles. The van der Waals surface area contributed by atoms with Crippen molar-refractivity contribution in [3.05, 3.63) is 0 Å². The van der Waals surface area contributed by atoms with Crippen LogP contribution >= 0.6 is 0 Å². The highest BCUT2D eigenvalue weighted by atomic mass is 16.5. The number of rotatable bonds is 1. The van der Waals surface area contributed by atoms with E-state index >= 15 is 0 Å². The van der Waals surface area contributed by atoms with Gasteiger partial charge in [-0.2, -0.15) is 0 Å². The Morgan fingerprint density at radius 2 is 2.12 bits per heavy atom. The lowest BCUT2D eigenvalue weighted by Crippen LogP contribution is -2.54. The van der Waals surface area contributed by atoms with Crippen molar-refractivity contribution in [2.45, 2.75) is 57.6 Å². The molecule has 1 unspecified atom stereocenters. The monoisotopic (exact) mass is 225 g/mol. The van der Waals surface area contributed by atoms with E-state index in [4.69, 9.17) is 4.74 Å². The van der Waals surface area contributed by atoms with Gasteiger partial charge in [0.25, 0.3) is 0 Å².